The van der Waals surface area contributed by atoms with Gasteiger partial charge < -0.3 is 14.2 Å². The lowest BCUT2D eigenvalue weighted by atomic mass is 9.82. The van der Waals surface area contributed by atoms with Gasteiger partial charge in [-0.05, 0) is 12.8 Å². The summed E-state index contributed by atoms with van der Waals surface area (Å²) in [5, 5.41) is 0. The molecule has 1 unspecified atom stereocenters. The van der Waals surface area contributed by atoms with E-state index in [1.54, 1.807) is 12.1 Å². The number of carbonyl (C=O) groups excluding carboxylic acids is 2. The summed E-state index contributed by atoms with van der Waals surface area (Å²) < 4.78 is 15.8. The summed E-state index contributed by atoms with van der Waals surface area (Å²) in [5.74, 6) is 1.14. The molecule has 1 saturated carbocycles. The highest BCUT2D eigenvalue weighted by atomic mass is 16.5. The van der Waals surface area contributed by atoms with Gasteiger partial charge in [-0.2, -0.15) is 0 Å². The number of carbonyl (C=O) groups is 2. The molecule has 5 nitrogen and oxygen atoms in total. The molecule has 1 aromatic carbocycles. The molecular formula is C16H20O5. The van der Waals surface area contributed by atoms with Gasteiger partial charge in [-0.1, -0.05) is 0 Å². The second kappa shape index (κ2) is 6.61. The van der Waals surface area contributed by atoms with E-state index in [0.29, 0.717) is 35.7 Å². The van der Waals surface area contributed by atoms with Crippen LogP contribution in [0.3, 0.4) is 0 Å². The van der Waals surface area contributed by atoms with Crippen LogP contribution in [0.2, 0.25) is 0 Å². The molecule has 0 aliphatic heterocycles. The lowest BCUT2D eigenvalue weighted by Crippen LogP contribution is -2.23. The van der Waals surface area contributed by atoms with Gasteiger partial charge in [0.1, 0.15) is 28.6 Å². The van der Waals surface area contributed by atoms with Gasteiger partial charge in [0.2, 0.25) is 0 Å². The molecule has 0 heterocycles. The third kappa shape index (κ3) is 3.17. The van der Waals surface area contributed by atoms with E-state index in [9.17, 15) is 9.59 Å². The number of hydrogen-bond acceptors (Lipinski definition) is 5. The van der Waals surface area contributed by atoms with Crippen molar-refractivity contribution in [3.05, 3.63) is 17.7 Å². The van der Waals surface area contributed by atoms with E-state index in [2.05, 4.69) is 0 Å². The fourth-order valence-corrected chi connectivity index (χ4v) is 2.70. The Morgan fingerprint density at radius 1 is 1.10 bits per heavy atom. The van der Waals surface area contributed by atoms with Crippen LogP contribution >= 0.6 is 0 Å². The Kier molecular flexibility index (Phi) is 4.83. The monoisotopic (exact) mass is 292 g/mol. The first-order valence-corrected chi connectivity index (χ1v) is 6.96. The zero-order chi connectivity index (χ0) is 15.4. The van der Waals surface area contributed by atoms with Gasteiger partial charge in [0.05, 0.1) is 21.3 Å². The van der Waals surface area contributed by atoms with Gasteiger partial charge in [0.15, 0.2) is 5.78 Å². The Balaban J connectivity index is 2.41. The normalized spacial score (nSPS) is 18.2. The standard InChI is InChI=1S/C16H20O5/c1-19-12-8-13(20-2)15(14(9-12)21-3)16(18)10-5-4-6-11(17)7-10/h8-10H,4-7H2,1-3H3. The molecule has 0 aromatic heterocycles. The number of ketones is 2. The third-order valence-electron chi connectivity index (χ3n) is 3.81. The van der Waals surface area contributed by atoms with Crippen LogP contribution in [0.25, 0.3) is 0 Å². The molecular weight excluding hydrogens is 272 g/mol. The highest BCUT2D eigenvalue weighted by molar-refractivity contribution is 6.05. The van der Waals surface area contributed by atoms with Crippen LogP contribution in [0.4, 0.5) is 0 Å². The van der Waals surface area contributed by atoms with E-state index in [0.717, 1.165) is 12.8 Å². The third-order valence-corrected chi connectivity index (χ3v) is 3.81. The molecule has 1 aliphatic carbocycles. The molecule has 0 amide bonds. The highest BCUT2D eigenvalue weighted by Gasteiger charge is 2.31. The SMILES string of the molecule is COc1cc(OC)c(C(=O)C2CCCC(=O)C2)c(OC)c1. The van der Waals surface area contributed by atoms with E-state index >= 15 is 0 Å². The minimum Gasteiger partial charge on any atom is -0.496 e. The molecule has 1 aromatic rings. The fraction of sp³-hybridized carbons (Fsp3) is 0.500. The Hall–Kier alpha value is -2.04. The van der Waals surface area contributed by atoms with Crippen LogP contribution in [0.15, 0.2) is 12.1 Å². The number of ether oxygens (including phenoxy) is 3. The molecule has 2 rings (SSSR count). The maximum atomic E-state index is 12.8. The second-order valence-corrected chi connectivity index (χ2v) is 5.10. The van der Waals surface area contributed by atoms with Crippen LogP contribution < -0.4 is 14.2 Å². The van der Waals surface area contributed by atoms with Crippen molar-refractivity contribution in [1.29, 1.82) is 0 Å². The van der Waals surface area contributed by atoms with Crippen molar-refractivity contribution in [2.24, 2.45) is 5.92 Å². The molecule has 21 heavy (non-hydrogen) atoms. The lowest BCUT2D eigenvalue weighted by Gasteiger charge is -2.22. The Morgan fingerprint density at radius 2 is 1.71 bits per heavy atom. The smallest absolute Gasteiger partial charge is 0.173 e. The average Bonchev–Trinajstić information content (AvgIpc) is 2.52. The van der Waals surface area contributed by atoms with E-state index in [1.165, 1.54) is 21.3 Å². The predicted molar refractivity (Wildman–Crippen MR) is 77.4 cm³/mol. The number of methoxy groups -OCH3 is 3. The van der Waals surface area contributed by atoms with Gasteiger partial charge in [0, 0.05) is 30.9 Å². The summed E-state index contributed by atoms with van der Waals surface area (Å²) in [6, 6.07) is 3.31. The summed E-state index contributed by atoms with van der Waals surface area (Å²) in [5.41, 5.74) is 0.389. The van der Waals surface area contributed by atoms with Gasteiger partial charge in [-0.3, -0.25) is 9.59 Å². The first kappa shape index (κ1) is 15.4. The highest BCUT2D eigenvalue weighted by Crippen LogP contribution is 2.37. The van der Waals surface area contributed by atoms with Gasteiger partial charge in [-0.25, -0.2) is 0 Å². The van der Waals surface area contributed by atoms with Crippen molar-refractivity contribution in [3.63, 3.8) is 0 Å². The molecule has 0 saturated heterocycles. The van der Waals surface area contributed by atoms with E-state index in [4.69, 9.17) is 14.2 Å². The summed E-state index contributed by atoms with van der Waals surface area (Å²) in [4.78, 5) is 24.3. The molecule has 1 fully saturated rings. The first-order valence-electron chi connectivity index (χ1n) is 6.96. The predicted octanol–water partition coefficient (Wildman–Crippen LogP) is 2.65. The van der Waals surface area contributed by atoms with Gasteiger partial charge >= 0.3 is 0 Å². The van der Waals surface area contributed by atoms with Crippen LogP contribution in [0.1, 0.15) is 36.0 Å². The van der Waals surface area contributed by atoms with Crippen molar-refractivity contribution in [2.75, 3.05) is 21.3 Å². The molecule has 0 N–H and O–H groups in total. The summed E-state index contributed by atoms with van der Waals surface area (Å²) in [7, 11) is 4.53. The number of Topliss-reactive ketones (excluding diaryl/α,β-unsaturated/α-hetero) is 2. The quantitative estimate of drug-likeness (QED) is 0.781. The van der Waals surface area contributed by atoms with E-state index in [1.807, 2.05) is 0 Å². The molecule has 0 radical (unpaired) electrons. The van der Waals surface area contributed by atoms with Crippen molar-refractivity contribution in [1.82, 2.24) is 0 Å². The fourth-order valence-electron chi connectivity index (χ4n) is 2.70. The van der Waals surface area contributed by atoms with E-state index in [-0.39, 0.29) is 17.5 Å². The Morgan fingerprint density at radius 3 is 2.19 bits per heavy atom. The Bertz CT molecular complexity index is 525. The van der Waals surface area contributed by atoms with Crippen LogP contribution in [-0.2, 0) is 4.79 Å². The minimum atomic E-state index is -0.289. The van der Waals surface area contributed by atoms with Gasteiger partial charge in [0.25, 0.3) is 0 Å². The van der Waals surface area contributed by atoms with Crippen molar-refractivity contribution < 1.29 is 23.8 Å². The topological polar surface area (TPSA) is 61.8 Å². The molecule has 0 bridgehead atoms. The average molecular weight is 292 g/mol. The molecule has 5 heteroatoms. The van der Waals surface area contributed by atoms with Crippen molar-refractivity contribution >= 4 is 11.6 Å². The minimum absolute atomic E-state index is 0.0978. The lowest BCUT2D eigenvalue weighted by molar-refractivity contribution is -0.121. The summed E-state index contributed by atoms with van der Waals surface area (Å²) >= 11 is 0. The molecule has 1 atom stereocenters. The summed E-state index contributed by atoms with van der Waals surface area (Å²) in [6.07, 6.45) is 2.36. The van der Waals surface area contributed by atoms with Crippen molar-refractivity contribution in [2.45, 2.75) is 25.7 Å². The van der Waals surface area contributed by atoms with Gasteiger partial charge in [-0.15, -0.1) is 0 Å². The molecule has 0 spiro atoms. The largest absolute Gasteiger partial charge is 0.496 e. The first-order chi connectivity index (χ1) is 10.1. The van der Waals surface area contributed by atoms with Crippen LogP contribution in [0.5, 0.6) is 17.2 Å². The molecule has 114 valence electrons. The van der Waals surface area contributed by atoms with E-state index < -0.39 is 0 Å². The molecule has 1 aliphatic rings. The zero-order valence-electron chi connectivity index (χ0n) is 12.6. The van der Waals surface area contributed by atoms with Crippen molar-refractivity contribution in [3.8, 4) is 17.2 Å². The second-order valence-electron chi connectivity index (χ2n) is 5.10. The maximum Gasteiger partial charge on any atom is 0.173 e. The summed E-state index contributed by atoms with van der Waals surface area (Å²) in [6.45, 7) is 0. The van der Waals surface area contributed by atoms with Crippen LogP contribution in [-0.4, -0.2) is 32.9 Å². The Labute approximate surface area is 124 Å². The number of hydrogen-bond donors (Lipinski definition) is 0. The maximum absolute atomic E-state index is 12.8. The number of rotatable bonds is 5. The van der Waals surface area contributed by atoms with Crippen LogP contribution in [0, 0.1) is 5.92 Å². The number of benzene rings is 1. The zero-order valence-corrected chi connectivity index (χ0v) is 12.6.